The molecule has 0 aromatic carbocycles. The molecule has 0 spiro atoms. The number of nitrogens with one attached hydrogen (secondary N) is 1. The van der Waals surface area contributed by atoms with Crippen molar-refractivity contribution < 1.29 is 13.9 Å². The number of aryl methyl sites for hydroxylation is 1. The number of carbonyl (C=O) groups excluding carboxylic acids is 1. The molecule has 0 atom stereocenters. The standard InChI is InChI=1S/C22H26N6O3/c1-12(2)30-19-14-5-8-28(9-15(14)23-10-25-19)21(29)16-13(3)31-20-17(16)18(24-11-26-20)27-22(4)6-7-22/h10-12H,5-9H2,1-4H3,(H,24,26,27). The zero-order chi connectivity index (χ0) is 21.8. The van der Waals surface area contributed by atoms with Crippen molar-refractivity contribution in [2.24, 2.45) is 0 Å². The second-order valence-corrected chi connectivity index (χ2v) is 8.87. The number of carbonyl (C=O) groups is 1. The lowest BCUT2D eigenvalue weighted by Gasteiger charge is -2.29. The molecule has 9 heteroatoms. The number of nitrogens with zero attached hydrogens (tertiary/aromatic N) is 5. The van der Waals surface area contributed by atoms with Crippen molar-refractivity contribution in [3.05, 3.63) is 35.2 Å². The van der Waals surface area contributed by atoms with Gasteiger partial charge in [-0.3, -0.25) is 4.79 Å². The van der Waals surface area contributed by atoms with E-state index in [2.05, 4.69) is 32.2 Å². The van der Waals surface area contributed by atoms with Crippen LogP contribution in [-0.4, -0.2) is 48.9 Å². The van der Waals surface area contributed by atoms with Crippen LogP contribution in [-0.2, 0) is 13.0 Å². The molecular weight excluding hydrogens is 396 g/mol. The van der Waals surface area contributed by atoms with Gasteiger partial charge in [0, 0.05) is 17.6 Å². The molecule has 162 valence electrons. The molecule has 1 saturated carbocycles. The SMILES string of the molecule is Cc1oc2ncnc(NC3(C)CC3)c2c1C(=O)N1CCc2c(ncnc2OC(C)C)C1. The zero-order valence-electron chi connectivity index (χ0n) is 18.2. The molecule has 1 aliphatic carbocycles. The number of furan rings is 1. The van der Waals surface area contributed by atoms with E-state index in [1.807, 2.05) is 13.8 Å². The summed E-state index contributed by atoms with van der Waals surface area (Å²) in [6.07, 6.45) is 5.77. The van der Waals surface area contributed by atoms with Crippen LogP contribution in [0.5, 0.6) is 5.88 Å². The van der Waals surface area contributed by atoms with Crippen molar-refractivity contribution in [3.63, 3.8) is 0 Å². The topological polar surface area (TPSA) is 106 Å². The third kappa shape index (κ3) is 3.58. The molecule has 1 N–H and O–H groups in total. The lowest BCUT2D eigenvalue weighted by Crippen LogP contribution is -2.37. The van der Waals surface area contributed by atoms with Crippen molar-refractivity contribution in [2.45, 2.75) is 65.1 Å². The highest BCUT2D eigenvalue weighted by Crippen LogP contribution is 2.40. The highest BCUT2D eigenvalue weighted by molar-refractivity contribution is 6.10. The normalized spacial score (nSPS) is 17.0. The van der Waals surface area contributed by atoms with Crippen molar-refractivity contribution in [1.29, 1.82) is 0 Å². The first kappa shape index (κ1) is 19.7. The second-order valence-electron chi connectivity index (χ2n) is 8.87. The largest absolute Gasteiger partial charge is 0.475 e. The third-order valence-electron chi connectivity index (χ3n) is 5.90. The average molecular weight is 422 g/mol. The van der Waals surface area contributed by atoms with Gasteiger partial charge in [-0.2, -0.15) is 0 Å². The van der Waals surface area contributed by atoms with E-state index in [1.54, 1.807) is 11.8 Å². The fourth-order valence-electron chi connectivity index (χ4n) is 3.98. The van der Waals surface area contributed by atoms with Gasteiger partial charge in [-0.1, -0.05) is 0 Å². The fraction of sp³-hybridized carbons (Fsp3) is 0.500. The summed E-state index contributed by atoms with van der Waals surface area (Å²) in [6, 6.07) is 0. The van der Waals surface area contributed by atoms with Crippen LogP contribution in [0, 0.1) is 6.92 Å². The van der Waals surface area contributed by atoms with Gasteiger partial charge >= 0.3 is 0 Å². The summed E-state index contributed by atoms with van der Waals surface area (Å²) in [5, 5.41) is 4.12. The maximum absolute atomic E-state index is 13.6. The molecule has 0 unspecified atom stereocenters. The maximum atomic E-state index is 13.6. The molecule has 2 aliphatic rings. The molecule has 0 bridgehead atoms. The molecule has 3 aromatic rings. The van der Waals surface area contributed by atoms with Gasteiger partial charge in [0.2, 0.25) is 11.6 Å². The maximum Gasteiger partial charge on any atom is 0.258 e. The summed E-state index contributed by atoms with van der Waals surface area (Å²) in [5.74, 6) is 1.69. The first-order valence-electron chi connectivity index (χ1n) is 10.7. The Morgan fingerprint density at radius 2 is 2.00 bits per heavy atom. The molecule has 1 aliphatic heterocycles. The van der Waals surface area contributed by atoms with Crippen LogP contribution in [0.1, 0.15) is 61.0 Å². The molecule has 4 heterocycles. The minimum Gasteiger partial charge on any atom is -0.475 e. The summed E-state index contributed by atoms with van der Waals surface area (Å²) in [4.78, 5) is 32.8. The monoisotopic (exact) mass is 422 g/mol. The van der Waals surface area contributed by atoms with Gasteiger partial charge in [-0.05, 0) is 47.0 Å². The molecule has 0 radical (unpaired) electrons. The summed E-state index contributed by atoms with van der Waals surface area (Å²) in [5.41, 5.74) is 2.74. The number of hydrogen-bond acceptors (Lipinski definition) is 8. The zero-order valence-corrected chi connectivity index (χ0v) is 18.2. The lowest BCUT2D eigenvalue weighted by atomic mass is 10.0. The number of hydrogen-bond donors (Lipinski definition) is 1. The Morgan fingerprint density at radius 3 is 2.74 bits per heavy atom. The smallest absolute Gasteiger partial charge is 0.258 e. The Balaban J connectivity index is 1.48. The van der Waals surface area contributed by atoms with Gasteiger partial charge in [0.1, 0.15) is 24.2 Å². The number of fused-ring (bicyclic) bond motifs is 2. The Bertz CT molecular complexity index is 1170. The molecular formula is C22H26N6O3. The highest BCUT2D eigenvalue weighted by Gasteiger charge is 2.39. The molecule has 1 fully saturated rings. The first-order chi connectivity index (χ1) is 14.8. The molecule has 5 rings (SSSR count). The predicted molar refractivity (Wildman–Crippen MR) is 114 cm³/mol. The summed E-state index contributed by atoms with van der Waals surface area (Å²) in [6.45, 7) is 8.82. The van der Waals surface area contributed by atoms with E-state index >= 15 is 0 Å². The van der Waals surface area contributed by atoms with E-state index in [9.17, 15) is 4.79 Å². The number of anilines is 1. The van der Waals surface area contributed by atoms with E-state index in [1.165, 1.54) is 12.7 Å². The van der Waals surface area contributed by atoms with Crippen molar-refractivity contribution in [2.75, 3.05) is 11.9 Å². The quantitative estimate of drug-likeness (QED) is 0.668. The Hall–Kier alpha value is -3.23. The number of aromatic nitrogens is 4. The minimum absolute atomic E-state index is 0.0145. The van der Waals surface area contributed by atoms with Gasteiger partial charge in [0.05, 0.1) is 29.3 Å². The van der Waals surface area contributed by atoms with E-state index < -0.39 is 0 Å². The molecule has 3 aromatic heterocycles. The summed E-state index contributed by atoms with van der Waals surface area (Å²) < 4.78 is 11.7. The summed E-state index contributed by atoms with van der Waals surface area (Å²) in [7, 11) is 0. The van der Waals surface area contributed by atoms with Gasteiger partial charge in [0.25, 0.3) is 5.91 Å². The van der Waals surface area contributed by atoms with Gasteiger partial charge in [-0.25, -0.2) is 19.9 Å². The highest BCUT2D eigenvalue weighted by atomic mass is 16.5. The van der Waals surface area contributed by atoms with Crippen molar-refractivity contribution in [3.8, 4) is 5.88 Å². The average Bonchev–Trinajstić information content (AvgIpc) is 3.35. The van der Waals surface area contributed by atoms with Crippen LogP contribution in [0.25, 0.3) is 11.1 Å². The van der Waals surface area contributed by atoms with E-state index in [0.29, 0.717) is 53.6 Å². The van der Waals surface area contributed by atoms with Crippen LogP contribution >= 0.6 is 0 Å². The van der Waals surface area contributed by atoms with Crippen LogP contribution < -0.4 is 10.1 Å². The Labute approximate surface area is 180 Å². The Kier molecular flexibility index (Phi) is 4.56. The van der Waals surface area contributed by atoms with E-state index in [0.717, 1.165) is 24.1 Å². The van der Waals surface area contributed by atoms with Crippen LogP contribution in [0.3, 0.4) is 0 Å². The van der Waals surface area contributed by atoms with Gasteiger partial charge in [0.15, 0.2) is 0 Å². The van der Waals surface area contributed by atoms with Crippen LogP contribution in [0.15, 0.2) is 17.1 Å². The second kappa shape index (κ2) is 7.18. The van der Waals surface area contributed by atoms with Gasteiger partial charge < -0.3 is 19.4 Å². The van der Waals surface area contributed by atoms with Gasteiger partial charge in [-0.15, -0.1) is 0 Å². The molecule has 0 saturated heterocycles. The third-order valence-corrected chi connectivity index (χ3v) is 5.90. The van der Waals surface area contributed by atoms with Crippen LogP contribution in [0.2, 0.25) is 0 Å². The van der Waals surface area contributed by atoms with E-state index in [-0.39, 0.29) is 17.6 Å². The number of ether oxygens (including phenoxy) is 1. The van der Waals surface area contributed by atoms with Crippen molar-refractivity contribution in [1.82, 2.24) is 24.8 Å². The summed E-state index contributed by atoms with van der Waals surface area (Å²) >= 11 is 0. The predicted octanol–water partition coefficient (Wildman–Crippen LogP) is 3.27. The molecule has 31 heavy (non-hydrogen) atoms. The lowest BCUT2D eigenvalue weighted by molar-refractivity contribution is 0.0729. The van der Waals surface area contributed by atoms with Crippen molar-refractivity contribution >= 4 is 22.8 Å². The minimum atomic E-state index is -0.106. The molecule has 9 nitrogen and oxygen atoms in total. The van der Waals surface area contributed by atoms with E-state index in [4.69, 9.17) is 9.15 Å². The first-order valence-corrected chi connectivity index (χ1v) is 10.7. The van der Waals surface area contributed by atoms with Crippen LogP contribution in [0.4, 0.5) is 5.82 Å². The fourth-order valence-corrected chi connectivity index (χ4v) is 3.98. The number of rotatable bonds is 5. The Morgan fingerprint density at radius 1 is 1.23 bits per heavy atom. The molecule has 1 amide bonds. The number of amides is 1.